The summed E-state index contributed by atoms with van der Waals surface area (Å²) in [6.45, 7) is 0.524. The first kappa shape index (κ1) is 10.3. The molecule has 7 nitrogen and oxygen atoms in total. The summed E-state index contributed by atoms with van der Waals surface area (Å²) in [7, 11) is 1.87. The van der Waals surface area contributed by atoms with E-state index in [0.717, 1.165) is 5.82 Å². The smallest absolute Gasteiger partial charge is 0.254 e. The van der Waals surface area contributed by atoms with Crippen LogP contribution in [0.1, 0.15) is 16.2 Å². The van der Waals surface area contributed by atoms with Crippen LogP contribution in [0.4, 0.5) is 0 Å². The number of rotatable bonds is 4. The largest absolute Gasteiger partial charge is 0.351 e. The highest BCUT2D eigenvalue weighted by Crippen LogP contribution is 1.94. The molecule has 0 spiro atoms. The van der Waals surface area contributed by atoms with Crippen molar-refractivity contribution >= 4 is 5.91 Å². The second kappa shape index (κ2) is 4.56. The summed E-state index contributed by atoms with van der Waals surface area (Å²) in [5.41, 5.74) is 0.526. The summed E-state index contributed by atoms with van der Waals surface area (Å²) in [5, 5.41) is 16.7. The standard InChI is InChI=1S/C9H12N6O/c1-15-6-13-14-8(15)2-3-10-9(16)7-4-11-12-5-7/h4-6H,2-3H2,1H3,(H,10,16)(H,11,12). The van der Waals surface area contributed by atoms with E-state index in [4.69, 9.17) is 0 Å². The van der Waals surface area contributed by atoms with E-state index in [0.29, 0.717) is 18.5 Å². The number of amides is 1. The maximum absolute atomic E-state index is 11.5. The van der Waals surface area contributed by atoms with Gasteiger partial charge in [0.15, 0.2) is 0 Å². The molecule has 0 saturated carbocycles. The Bertz CT molecular complexity index is 460. The molecule has 1 amide bonds. The molecule has 0 aromatic carbocycles. The quantitative estimate of drug-likeness (QED) is 0.727. The highest BCUT2D eigenvalue weighted by molar-refractivity contribution is 5.93. The van der Waals surface area contributed by atoms with Gasteiger partial charge in [-0.05, 0) is 0 Å². The van der Waals surface area contributed by atoms with Gasteiger partial charge in [0.05, 0.1) is 11.8 Å². The van der Waals surface area contributed by atoms with E-state index in [1.807, 2.05) is 11.6 Å². The van der Waals surface area contributed by atoms with Gasteiger partial charge in [0.2, 0.25) is 0 Å². The normalized spacial score (nSPS) is 10.3. The number of carbonyl (C=O) groups excluding carboxylic acids is 1. The van der Waals surface area contributed by atoms with Crippen LogP contribution in [0.5, 0.6) is 0 Å². The van der Waals surface area contributed by atoms with Gasteiger partial charge in [0.1, 0.15) is 12.2 Å². The van der Waals surface area contributed by atoms with Crippen LogP contribution in [-0.2, 0) is 13.5 Å². The molecule has 16 heavy (non-hydrogen) atoms. The number of carbonyl (C=O) groups is 1. The predicted octanol–water partition coefficient (Wildman–Crippen LogP) is -0.489. The van der Waals surface area contributed by atoms with E-state index in [9.17, 15) is 4.79 Å². The number of aromatic nitrogens is 5. The molecular formula is C9H12N6O. The summed E-state index contributed by atoms with van der Waals surface area (Å²) in [4.78, 5) is 11.5. The third kappa shape index (κ3) is 2.25. The van der Waals surface area contributed by atoms with Crippen molar-refractivity contribution in [2.24, 2.45) is 7.05 Å². The summed E-state index contributed by atoms with van der Waals surface area (Å²) in [5.74, 6) is 0.698. The molecule has 2 aromatic rings. The van der Waals surface area contributed by atoms with E-state index in [1.54, 1.807) is 12.5 Å². The lowest BCUT2D eigenvalue weighted by Crippen LogP contribution is -2.26. The molecule has 0 aliphatic rings. The number of nitrogens with one attached hydrogen (secondary N) is 2. The molecule has 84 valence electrons. The Morgan fingerprint density at radius 3 is 3.12 bits per heavy atom. The molecule has 2 heterocycles. The van der Waals surface area contributed by atoms with Gasteiger partial charge >= 0.3 is 0 Å². The average Bonchev–Trinajstić information content (AvgIpc) is 2.90. The monoisotopic (exact) mass is 220 g/mol. The van der Waals surface area contributed by atoms with Crippen molar-refractivity contribution in [1.82, 2.24) is 30.3 Å². The minimum absolute atomic E-state index is 0.143. The average molecular weight is 220 g/mol. The minimum Gasteiger partial charge on any atom is -0.351 e. The third-order valence-corrected chi connectivity index (χ3v) is 2.20. The van der Waals surface area contributed by atoms with Gasteiger partial charge in [0.25, 0.3) is 5.91 Å². The lowest BCUT2D eigenvalue weighted by atomic mass is 10.3. The molecule has 0 atom stereocenters. The van der Waals surface area contributed by atoms with Gasteiger partial charge in [-0.15, -0.1) is 10.2 Å². The van der Waals surface area contributed by atoms with Gasteiger partial charge in [-0.25, -0.2) is 0 Å². The van der Waals surface area contributed by atoms with E-state index in [-0.39, 0.29) is 5.91 Å². The van der Waals surface area contributed by atoms with Crippen LogP contribution in [0.2, 0.25) is 0 Å². The Balaban J connectivity index is 1.81. The van der Waals surface area contributed by atoms with Gasteiger partial charge in [-0.1, -0.05) is 0 Å². The Morgan fingerprint density at radius 2 is 2.50 bits per heavy atom. The van der Waals surface area contributed by atoms with E-state index in [2.05, 4.69) is 25.7 Å². The van der Waals surface area contributed by atoms with Crippen molar-refractivity contribution in [3.05, 3.63) is 30.1 Å². The van der Waals surface area contributed by atoms with Crippen molar-refractivity contribution in [3.8, 4) is 0 Å². The molecule has 2 rings (SSSR count). The molecule has 0 fully saturated rings. The zero-order valence-corrected chi connectivity index (χ0v) is 8.84. The van der Waals surface area contributed by atoms with Crippen molar-refractivity contribution in [2.75, 3.05) is 6.54 Å². The topological polar surface area (TPSA) is 88.5 Å². The van der Waals surface area contributed by atoms with Gasteiger partial charge < -0.3 is 9.88 Å². The Morgan fingerprint density at radius 1 is 1.62 bits per heavy atom. The molecule has 0 aliphatic carbocycles. The van der Waals surface area contributed by atoms with Crippen LogP contribution in [-0.4, -0.2) is 37.4 Å². The molecule has 0 saturated heterocycles. The lowest BCUT2D eigenvalue weighted by Gasteiger charge is -2.02. The van der Waals surface area contributed by atoms with Gasteiger partial charge in [0, 0.05) is 26.2 Å². The van der Waals surface area contributed by atoms with Crippen molar-refractivity contribution in [2.45, 2.75) is 6.42 Å². The maximum atomic E-state index is 11.5. The molecule has 0 radical (unpaired) electrons. The third-order valence-electron chi connectivity index (χ3n) is 2.20. The van der Waals surface area contributed by atoms with Crippen LogP contribution in [0.3, 0.4) is 0 Å². The number of H-pyrrole nitrogens is 1. The number of nitrogens with zero attached hydrogens (tertiary/aromatic N) is 4. The molecule has 2 N–H and O–H groups in total. The molecule has 2 aromatic heterocycles. The summed E-state index contributed by atoms with van der Waals surface area (Å²) >= 11 is 0. The zero-order valence-electron chi connectivity index (χ0n) is 8.84. The second-order valence-electron chi connectivity index (χ2n) is 3.35. The zero-order chi connectivity index (χ0) is 11.4. The summed E-state index contributed by atoms with van der Waals surface area (Å²) in [6, 6.07) is 0. The van der Waals surface area contributed by atoms with Crippen molar-refractivity contribution < 1.29 is 4.79 Å². The molecule has 0 aliphatic heterocycles. The predicted molar refractivity (Wildman–Crippen MR) is 55.6 cm³/mol. The summed E-state index contributed by atoms with van der Waals surface area (Å²) in [6.07, 6.45) is 5.32. The lowest BCUT2D eigenvalue weighted by molar-refractivity contribution is 0.0954. The fourth-order valence-corrected chi connectivity index (χ4v) is 1.30. The van der Waals surface area contributed by atoms with E-state index < -0.39 is 0 Å². The van der Waals surface area contributed by atoms with Crippen LogP contribution in [0, 0.1) is 0 Å². The van der Waals surface area contributed by atoms with Crippen LogP contribution >= 0.6 is 0 Å². The van der Waals surface area contributed by atoms with Crippen LogP contribution in [0.15, 0.2) is 18.7 Å². The maximum Gasteiger partial charge on any atom is 0.254 e. The highest BCUT2D eigenvalue weighted by atomic mass is 16.1. The fourth-order valence-electron chi connectivity index (χ4n) is 1.30. The van der Waals surface area contributed by atoms with Crippen molar-refractivity contribution in [1.29, 1.82) is 0 Å². The summed E-state index contributed by atoms with van der Waals surface area (Å²) < 4.78 is 1.82. The first-order chi connectivity index (χ1) is 7.77. The molecule has 0 bridgehead atoms. The number of hydrogen-bond donors (Lipinski definition) is 2. The Labute approximate surface area is 91.9 Å². The fraction of sp³-hybridized carbons (Fsp3) is 0.333. The van der Waals surface area contributed by atoms with Crippen LogP contribution in [0.25, 0.3) is 0 Å². The molecule has 0 unspecified atom stereocenters. The van der Waals surface area contributed by atoms with E-state index >= 15 is 0 Å². The number of aryl methyl sites for hydroxylation is 1. The highest BCUT2D eigenvalue weighted by Gasteiger charge is 2.06. The van der Waals surface area contributed by atoms with E-state index in [1.165, 1.54) is 6.20 Å². The molecule has 7 heteroatoms. The number of hydrogen-bond acceptors (Lipinski definition) is 4. The first-order valence-corrected chi connectivity index (χ1v) is 4.87. The van der Waals surface area contributed by atoms with Crippen LogP contribution < -0.4 is 5.32 Å². The Hall–Kier alpha value is -2.18. The number of aromatic amines is 1. The van der Waals surface area contributed by atoms with Crippen molar-refractivity contribution in [3.63, 3.8) is 0 Å². The Kier molecular flexibility index (Phi) is 2.95. The molecular weight excluding hydrogens is 208 g/mol. The first-order valence-electron chi connectivity index (χ1n) is 4.87. The van der Waals surface area contributed by atoms with Gasteiger partial charge in [-0.2, -0.15) is 5.10 Å². The second-order valence-corrected chi connectivity index (χ2v) is 3.35. The minimum atomic E-state index is -0.143. The SMILES string of the molecule is Cn1cnnc1CCNC(=O)c1cn[nH]c1. The van der Waals surface area contributed by atoms with Gasteiger partial charge in [-0.3, -0.25) is 9.89 Å².